The highest BCUT2D eigenvalue weighted by Gasteiger charge is 2.19. The van der Waals surface area contributed by atoms with Crippen LogP contribution in [0.15, 0.2) is 35.2 Å². The Morgan fingerprint density at radius 3 is 2.86 bits per heavy atom. The summed E-state index contributed by atoms with van der Waals surface area (Å²) in [6.45, 7) is 0.984. The first kappa shape index (κ1) is 16.2. The van der Waals surface area contributed by atoms with Gasteiger partial charge in [0.15, 0.2) is 0 Å². The number of rotatable bonds is 10. The highest BCUT2D eigenvalue weighted by molar-refractivity contribution is 7.98. The number of nitrogens with one attached hydrogen (secondary N) is 1. The van der Waals surface area contributed by atoms with Crippen LogP contribution in [0.4, 0.5) is 0 Å². The van der Waals surface area contributed by atoms with Crippen LogP contribution >= 0.6 is 11.8 Å². The zero-order valence-electron chi connectivity index (χ0n) is 12.9. The maximum absolute atomic E-state index is 5.57. The Balaban J connectivity index is 1.83. The number of aryl methyl sites for hydroxylation is 1. The lowest BCUT2D eigenvalue weighted by atomic mass is 10.1. The van der Waals surface area contributed by atoms with E-state index >= 15 is 0 Å². The Morgan fingerprint density at radius 1 is 1.33 bits per heavy atom. The third-order valence-corrected chi connectivity index (χ3v) is 4.26. The Bertz CT molecular complexity index is 495. The van der Waals surface area contributed by atoms with Gasteiger partial charge in [-0.1, -0.05) is 12.8 Å². The molecule has 0 aromatic carbocycles. The maximum Gasteiger partial charge on any atom is 0.133 e. The first-order chi connectivity index (χ1) is 10.3. The van der Waals surface area contributed by atoms with E-state index in [9.17, 15) is 0 Å². The van der Waals surface area contributed by atoms with E-state index in [0.717, 1.165) is 18.1 Å². The van der Waals surface area contributed by atoms with E-state index in [1.165, 1.54) is 31.4 Å². The van der Waals surface area contributed by atoms with Crippen molar-refractivity contribution in [2.75, 3.05) is 18.6 Å². The lowest BCUT2D eigenvalue weighted by molar-refractivity contribution is 0.425. The van der Waals surface area contributed by atoms with Crippen molar-refractivity contribution in [3.8, 4) is 0 Å². The molecule has 1 N–H and O–H groups in total. The number of hydrogen-bond acceptors (Lipinski definition) is 4. The molecule has 0 bridgehead atoms. The lowest BCUT2D eigenvalue weighted by Gasteiger charge is -2.16. The summed E-state index contributed by atoms with van der Waals surface area (Å²) in [5, 5.41) is 3.57. The summed E-state index contributed by atoms with van der Waals surface area (Å²) in [6.07, 6.45) is 12.8. The summed E-state index contributed by atoms with van der Waals surface area (Å²) in [6, 6.07) is 3.96. The van der Waals surface area contributed by atoms with Gasteiger partial charge < -0.3 is 14.3 Å². The highest BCUT2D eigenvalue weighted by atomic mass is 32.2. The maximum atomic E-state index is 5.57. The van der Waals surface area contributed by atoms with E-state index in [2.05, 4.69) is 16.6 Å². The van der Waals surface area contributed by atoms with E-state index in [0.29, 0.717) is 0 Å². The molecule has 0 radical (unpaired) electrons. The monoisotopic (exact) mass is 307 g/mol. The molecule has 2 aromatic heterocycles. The van der Waals surface area contributed by atoms with Crippen LogP contribution < -0.4 is 5.32 Å². The second-order valence-electron chi connectivity index (χ2n) is 5.21. The molecule has 0 aliphatic heterocycles. The summed E-state index contributed by atoms with van der Waals surface area (Å²) >= 11 is 1.93. The van der Waals surface area contributed by atoms with Crippen molar-refractivity contribution in [2.45, 2.75) is 31.7 Å². The minimum Gasteiger partial charge on any atom is -0.467 e. The van der Waals surface area contributed by atoms with Gasteiger partial charge in [0, 0.05) is 19.4 Å². The van der Waals surface area contributed by atoms with E-state index in [-0.39, 0.29) is 6.04 Å². The molecule has 4 nitrogen and oxygen atoms in total. The van der Waals surface area contributed by atoms with Crippen molar-refractivity contribution in [3.63, 3.8) is 0 Å². The van der Waals surface area contributed by atoms with Gasteiger partial charge in [0.1, 0.15) is 17.6 Å². The fraction of sp³-hybridized carbons (Fsp3) is 0.562. The first-order valence-electron chi connectivity index (χ1n) is 7.56. The Morgan fingerprint density at radius 2 is 2.19 bits per heavy atom. The Kier molecular flexibility index (Phi) is 6.89. The molecule has 0 aliphatic carbocycles. The molecule has 116 valence electrons. The SMILES string of the molecule is CSCCCCCCNC(c1ccco1)c1nccn1C. The van der Waals surface area contributed by atoms with E-state index in [4.69, 9.17) is 4.42 Å². The molecule has 0 amide bonds. The molecule has 0 saturated carbocycles. The number of aromatic nitrogens is 2. The van der Waals surface area contributed by atoms with Gasteiger partial charge in [-0.2, -0.15) is 11.8 Å². The fourth-order valence-electron chi connectivity index (χ4n) is 2.40. The van der Waals surface area contributed by atoms with Gasteiger partial charge in [0.2, 0.25) is 0 Å². The van der Waals surface area contributed by atoms with Crippen molar-refractivity contribution in [2.24, 2.45) is 7.05 Å². The van der Waals surface area contributed by atoms with Gasteiger partial charge in [-0.15, -0.1) is 0 Å². The molecule has 5 heteroatoms. The largest absolute Gasteiger partial charge is 0.467 e. The van der Waals surface area contributed by atoms with E-state index in [1.807, 2.05) is 47.9 Å². The molecule has 0 saturated heterocycles. The zero-order chi connectivity index (χ0) is 14.9. The summed E-state index contributed by atoms with van der Waals surface area (Å²) in [5.74, 6) is 3.19. The third-order valence-electron chi connectivity index (χ3n) is 3.57. The smallest absolute Gasteiger partial charge is 0.133 e. The second-order valence-corrected chi connectivity index (χ2v) is 6.19. The third kappa shape index (κ3) is 4.93. The summed E-state index contributed by atoms with van der Waals surface area (Å²) in [4.78, 5) is 4.45. The first-order valence-corrected chi connectivity index (χ1v) is 8.95. The predicted octanol–water partition coefficient (Wildman–Crippen LogP) is 3.62. The van der Waals surface area contributed by atoms with Gasteiger partial charge in [-0.25, -0.2) is 4.98 Å². The number of unbranched alkanes of at least 4 members (excludes halogenated alkanes) is 3. The van der Waals surface area contributed by atoms with Crippen molar-refractivity contribution in [3.05, 3.63) is 42.4 Å². The molecule has 2 heterocycles. The van der Waals surface area contributed by atoms with Crippen LogP contribution in [-0.2, 0) is 7.05 Å². The molecule has 0 spiro atoms. The lowest BCUT2D eigenvalue weighted by Crippen LogP contribution is -2.25. The van der Waals surface area contributed by atoms with Crippen LogP contribution in [0.3, 0.4) is 0 Å². The van der Waals surface area contributed by atoms with Crippen LogP contribution in [0, 0.1) is 0 Å². The summed E-state index contributed by atoms with van der Waals surface area (Å²) in [5.41, 5.74) is 0. The molecule has 2 aromatic rings. The molecular formula is C16H25N3OS. The van der Waals surface area contributed by atoms with Gasteiger partial charge in [0.25, 0.3) is 0 Å². The fourth-order valence-corrected chi connectivity index (χ4v) is 2.89. The van der Waals surface area contributed by atoms with Crippen LogP contribution in [0.1, 0.15) is 43.3 Å². The van der Waals surface area contributed by atoms with Crippen molar-refractivity contribution >= 4 is 11.8 Å². The Labute approximate surface area is 131 Å². The van der Waals surface area contributed by atoms with Crippen LogP contribution in [0.5, 0.6) is 0 Å². The number of nitrogens with zero attached hydrogens (tertiary/aromatic N) is 2. The minimum atomic E-state index is 0.0335. The van der Waals surface area contributed by atoms with Gasteiger partial charge in [-0.05, 0) is 43.5 Å². The topological polar surface area (TPSA) is 43.0 Å². The normalized spacial score (nSPS) is 12.7. The molecule has 1 unspecified atom stereocenters. The molecular weight excluding hydrogens is 282 g/mol. The molecule has 1 atom stereocenters. The summed E-state index contributed by atoms with van der Waals surface area (Å²) in [7, 11) is 2.02. The summed E-state index contributed by atoms with van der Waals surface area (Å²) < 4.78 is 7.61. The van der Waals surface area contributed by atoms with Crippen LogP contribution in [0.25, 0.3) is 0 Å². The number of furan rings is 1. The number of thioether (sulfide) groups is 1. The predicted molar refractivity (Wildman–Crippen MR) is 88.6 cm³/mol. The quantitative estimate of drug-likeness (QED) is 0.681. The van der Waals surface area contributed by atoms with Crippen molar-refractivity contribution in [1.29, 1.82) is 0 Å². The minimum absolute atomic E-state index is 0.0335. The van der Waals surface area contributed by atoms with Crippen molar-refractivity contribution < 1.29 is 4.42 Å². The standard InChI is InChI=1S/C16H25N3OS/c1-19-11-10-18-16(19)15(14-8-7-12-20-14)17-9-5-3-4-6-13-21-2/h7-8,10-12,15,17H,3-6,9,13H2,1-2H3. The molecule has 21 heavy (non-hydrogen) atoms. The van der Waals surface area contributed by atoms with Gasteiger partial charge in [0.05, 0.1) is 6.26 Å². The van der Waals surface area contributed by atoms with Crippen molar-refractivity contribution in [1.82, 2.24) is 14.9 Å². The average Bonchev–Trinajstić information content (AvgIpc) is 3.14. The van der Waals surface area contributed by atoms with Gasteiger partial charge >= 0.3 is 0 Å². The van der Waals surface area contributed by atoms with Crippen LogP contribution in [-0.4, -0.2) is 28.1 Å². The van der Waals surface area contributed by atoms with Crippen LogP contribution in [0.2, 0.25) is 0 Å². The van der Waals surface area contributed by atoms with E-state index in [1.54, 1.807) is 6.26 Å². The molecule has 0 aliphatic rings. The molecule has 2 rings (SSSR count). The highest BCUT2D eigenvalue weighted by Crippen LogP contribution is 2.20. The molecule has 0 fully saturated rings. The zero-order valence-corrected chi connectivity index (χ0v) is 13.7. The average molecular weight is 307 g/mol. The van der Waals surface area contributed by atoms with E-state index < -0.39 is 0 Å². The number of hydrogen-bond donors (Lipinski definition) is 1. The second kappa shape index (κ2) is 8.95. The number of imidazole rings is 1. The Hall–Kier alpha value is -1.20. The van der Waals surface area contributed by atoms with Gasteiger partial charge in [-0.3, -0.25) is 0 Å².